The number of H-pyrrole nitrogens is 1. The molecule has 0 saturated heterocycles. The summed E-state index contributed by atoms with van der Waals surface area (Å²) in [6, 6.07) is -1.37. The summed E-state index contributed by atoms with van der Waals surface area (Å²) in [6.07, 6.45) is -0.204. The van der Waals surface area contributed by atoms with E-state index >= 15 is 0 Å². The summed E-state index contributed by atoms with van der Waals surface area (Å²) < 4.78 is 26.0. The minimum atomic E-state index is -3.98. The van der Waals surface area contributed by atoms with Crippen molar-refractivity contribution in [1.82, 2.24) is 14.9 Å². The lowest BCUT2D eigenvalue weighted by Gasteiger charge is -2.13. The minimum absolute atomic E-state index is 0.0633. The Hall–Kier alpha value is -1.45. The molecule has 8 nitrogen and oxygen atoms in total. The van der Waals surface area contributed by atoms with E-state index in [-0.39, 0.29) is 17.0 Å². The molecule has 0 radical (unpaired) electrons. The molecule has 0 amide bonds. The van der Waals surface area contributed by atoms with Crippen molar-refractivity contribution in [3.05, 3.63) is 11.4 Å². The summed E-state index contributed by atoms with van der Waals surface area (Å²) in [5.41, 5.74) is 0.585. The number of aromatic nitrogens is 2. The van der Waals surface area contributed by atoms with E-state index in [2.05, 4.69) is 10.2 Å². The SMILES string of the molecule is Cc1n[nH]c(C)c1S(=O)(=O)N[C@H](CCO)C(=O)O. The van der Waals surface area contributed by atoms with Crippen LogP contribution in [0.15, 0.2) is 4.90 Å². The number of aliphatic hydroxyl groups excluding tert-OH is 1. The number of hydrogen-bond donors (Lipinski definition) is 4. The molecule has 102 valence electrons. The van der Waals surface area contributed by atoms with Gasteiger partial charge in [0.05, 0.1) is 11.4 Å². The second-order valence-corrected chi connectivity index (χ2v) is 5.44. The molecule has 4 N–H and O–H groups in total. The van der Waals surface area contributed by atoms with E-state index in [0.717, 1.165) is 0 Å². The number of carbonyl (C=O) groups is 1. The molecule has 0 spiro atoms. The smallest absolute Gasteiger partial charge is 0.321 e. The lowest BCUT2D eigenvalue weighted by molar-refractivity contribution is -0.139. The van der Waals surface area contributed by atoms with E-state index in [9.17, 15) is 13.2 Å². The fourth-order valence-electron chi connectivity index (χ4n) is 1.54. The number of rotatable bonds is 6. The fourth-order valence-corrected chi connectivity index (χ4v) is 3.14. The summed E-state index contributed by atoms with van der Waals surface area (Å²) in [5.74, 6) is -1.34. The van der Waals surface area contributed by atoms with Gasteiger partial charge in [-0.15, -0.1) is 0 Å². The number of aliphatic carboxylic acids is 1. The highest BCUT2D eigenvalue weighted by molar-refractivity contribution is 7.89. The zero-order chi connectivity index (χ0) is 13.9. The van der Waals surface area contributed by atoms with E-state index in [1.54, 1.807) is 0 Å². The predicted molar refractivity (Wildman–Crippen MR) is 61.5 cm³/mol. The quantitative estimate of drug-likeness (QED) is 0.535. The molecule has 0 aromatic carbocycles. The van der Waals surface area contributed by atoms with Crippen molar-refractivity contribution in [2.45, 2.75) is 31.2 Å². The third-order valence-corrected chi connectivity index (χ3v) is 4.08. The number of aliphatic hydroxyl groups is 1. The summed E-state index contributed by atoms with van der Waals surface area (Å²) in [5, 5.41) is 23.8. The van der Waals surface area contributed by atoms with Crippen LogP contribution in [0.25, 0.3) is 0 Å². The van der Waals surface area contributed by atoms with Crippen LogP contribution in [0.1, 0.15) is 17.8 Å². The Kier molecular flexibility index (Phi) is 4.43. The molecule has 0 fully saturated rings. The number of carboxylic acids is 1. The Balaban J connectivity index is 3.05. The van der Waals surface area contributed by atoms with Crippen molar-refractivity contribution in [2.75, 3.05) is 6.61 Å². The van der Waals surface area contributed by atoms with E-state index in [0.29, 0.717) is 5.69 Å². The molecule has 1 aromatic rings. The molecule has 0 aliphatic rings. The molecule has 0 saturated carbocycles. The van der Waals surface area contributed by atoms with E-state index in [4.69, 9.17) is 10.2 Å². The van der Waals surface area contributed by atoms with Crippen LogP contribution in [0.4, 0.5) is 0 Å². The minimum Gasteiger partial charge on any atom is -0.480 e. The summed E-state index contributed by atoms with van der Waals surface area (Å²) >= 11 is 0. The van der Waals surface area contributed by atoms with Crippen LogP contribution in [0, 0.1) is 13.8 Å². The van der Waals surface area contributed by atoms with Gasteiger partial charge in [-0.05, 0) is 20.3 Å². The molecule has 1 aromatic heterocycles. The summed E-state index contributed by atoms with van der Waals surface area (Å²) in [6.45, 7) is 2.60. The van der Waals surface area contributed by atoms with Gasteiger partial charge in [-0.2, -0.15) is 9.82 Å². The molecule has 9 heteroatoms. The van der Waals surface area contributed by atoms with Crippen LogP contribution in [-0.4, -0.2) is 47.4 Å². The van der Waals surface area contributed by atoms with Gasteiger partial charge in [0, 0.05) is 6.61 Å². The molecular weight excluding hydrogens is 262 g/mol. The van der Waals surface area contributed by atoms with Crippen molar-refractivity contribution in [1.29, 1.82) is 0 Å². The summed E-state index contributed by atoms with van der Waals surface area (Å²) in [7, 11) is -3.98. The van der Waals surface area contributed by atoms with Crippen LogP contribution in [0.5, 0.6) is 0 Å². The highest BCUT2D eigenvalue weighted by atomic mass is 32.2. The number of hydrogen-bond acceptors (Lipinski definition) is 5. The van der Waals surface area contributed by atoms with Crippen LogP contribution in [0.2, 0.25) is 0 Å². The molecule has 0 aliphatic heterocycles. The van der Waals surface area contributed by atoms with Gasteiger partial charge in [-0.1, -0.05) is 0 Å². The average molecular weight is 277 g/mol. The molecule has 1 rings (SSSR count). The monoisotopic (exact) mass is 277 g/mol. The van der Waals surface area contributed by atoms with Crippen molar-refractivity contribution in [3.63, 3.8) is 0 Å². The molecule has 1 atom stereocenters. The Morgan fingerprint density at radius 1 is 1.50 bits per heavy atom. The number of sulfonamides is 1. The molecule has 0 bridgehead atoms. The normalized spacial score (nSPS) is 13.5. The van der Waals surface area contributed by atoms with Crippen LogP contribution < -0.4 is 4.72 Å². The zero-order valence-corrected chi connectivity index (χ0v) is 10.8. The third-order valence-electron chi connectivity index (χ3n) is 2.34. The Bertz CT molecular complexity index is 517. The van der Waals surface area contributed by atoms with Gasteiger partial charge in [-0.3, -0.25) is 9.89 Å². The maximum absolute atomic E-state index is 12.0. The maximum Gasteiger partial charge on any atom is 0.321 e. The number of nitrogens with zero attached hydrogens (tertiary/aromatic N) is 1. The Labute approximate surface area is 104 Å². The first-order valence-corrected chi connectivity index (χ1v) is 6.65. The van der Waals surface area contributed by atoms with Gasteiger partial charge in [0.15, 0.2) is 0 Å². The van der Waals surface area contributed by atoms with Gasteiger partial charge in [-0.25, -0.2) is 8.42 Å². The topological polar surface area (TPSA) is 132 Å². The molecule has 0 unspecified atom stereocenters. The van der Waals surface area contributed by atoms with Crippen molar-refractivity contribution in [2.24, 2.45) is 0 Å². The maximum atomic E-state index is 12.0. The lowest BCUT2D eigenvalue weighted by Crippen LogP contribution is -2.41. The van der Waals surface area contributed by atoms with Gasteiger partial charge in [0.2, 0.25) is 10.0 Å². The first-order chi connectivity index (χ1) is 8.29. The Morgan fingerprint density at radius 2 is 2.11 bits per heavy atom. The van der Waals surface area contributed by atoms with Gasteiger partial charge in [0.25, 0.3) is 0 Å². The van der Waals surface area contributed by atoms with E-state index < -0.39 is 28.6 Å². The van der Waals surface area contributed by atoms with Crippen LogP contribution in [0.3, 0.4) is 0 Å². The number of aromatic amines is 1. The number of carboxylic acid groups (broad SMARTS) is 1. The zero-order valence-electron chi connectivity index (χ0n) is 9.97. The van der Waals surface area contributed by atoms with Gasteiger partial charge < -0.3 is 10.2 Å². The average Bonchev–Trinajstić information content (AvgIpc) is 2.58. The molecule has 18 heavy (non-hydrogen) atoms. The third kappa shape index (κ3) is 3.06. The second kappa shape index (κ2) is 5.46. The number of nitrogens with one attached hydrogen (secondary N) is 2. The summed E-state index contributed by atoms with van der Waals surface area (Å²) in [4.78, 5) is 10.8. The van der Waals surface area contributed by atoms with Crippen LogP contribution >= 0.6 is 0 Å². The van der Waals surface area contributed by atoms with Gasteiger partial charge in [0.1, 0.15) is 10.9 Å². The van der Waals surface area contributed by atoms with Crippen molar-refractivity contribution < 1.29 is 23.4 Å². The molecule has 0 aliphatic carbocycles. The van der Waals surface area contributed by atoms with Crippen molar-refractivity contribution in [3.8, 4) is 0 Å². The highest BCUT2D eigenvalue weighted by Crippen LogP contribution is 2.17. The molecular formula is C9H15N3O5S. The predicted octanol–water partition coefficient (Wildman–Crippen LogP) is -0.860. The second-order valence-electron chi connectivity index (χ2n) is 3.79. The number of aryl methyl sites for hydroxylation is 2. The van der Waals surface area contributed by atoms with Gasteiger partial charge >= 0.3 is 5.97 Å². The standard InChI is InChI=1S/C9H15N3O5S/c1-5-8(6(2)11-10-5)18(16,17)12-7(3-4-13)9(14)15/h7,12-13H,3-4H2,1-2H3,(H,10,11)(H,14,15)/t7-/m1/s1. The largest absolute Gasteiger partial charge is 0.480 e. The Morgan fingerprint density at radius 3 is 2.50 bits per heavy atom. The van der Waals surface area contributed by atoms with Crippen LogP contribution in [-0.2, 0) is 14.8 Å². The first kappa shape index (κ1) is 14.6. The van der Waals surface area contributed by atoms with E-state index in [1.807, 2.05) is 4.72 Å². The molecule has 1 heterocycles. The van der Waals surface area contributed by atoms with E-state index in [1.165, 1.54) is 13.8 Å². The lowest BCUT2D eigenvalue weighted by atomic mass is 10.2. The highest BCUT2D eigenvalue weighted by Gasteiger charge is 2.28. The van der Waals surface area contributed by atoms with Crippen molar-refractivity contribution >= 4 is 16.0 Å². The first-order valence-electron chi connectivity index (χ1n) is 5.17. The fraction of sp³-hybridized carbons (Fsp3) is 0.556.